The highest BCUT2D eigenvalue weighted by atomic mass is 16.5. The molecule has 30 heavy (non-hydrogen) atoms. The van der Waals surface area contributed by atoms with Crippen molar-refractivity contribution in [3.05, 3.63) is 53.3 Å². The first-order valence-electron chi connectivity index (χ1n) is 9.64. The number of carbonyl (C=O) groups is 1. The largest absolute Gasteiger partial charge is 0.442 e. The number of nitrogens with one attached hydrogen (secondary N) is 1. The van der Waals surface area contributed by atoms with Crippen LogP contribution in [0.4, 0.5) is 11.4 Å². The maximum atomic E-state index is 12.5. The molecule has 0 spiro atoms. The minimum absolute atomic E-state index is 0.0988. The Morgan fingerprint density at radius 2 is 1.80 bits per heavy atom. The number of ether oxygens (including phenoxy) is 1. The molecule has 2 atom stereocenters. The van der Waals surface area contributed by atoms with Crippen LogP contribution in [0.1, 0.15) is 13.8 Å². The maximum Gasteiger partial charge on any atom is 0.442 e. The van der Waals surface area contributed by atoms with E-state index in [2.05, 4.69) is 43.7 Å². The fourth-order valence-corrected chi connectivity index (χ4v) is 3.47. The Morgan fingerprint density at radius 3 is 2.47 bits per heavy atom. The molecule has 0 bridgehead atoms. The first kappa shape index (κ1) is 19.8. The van der Waals surface area contributed by atoms with Crippen molar-refractivity contribution in [2.45, 2.75) is 32.6 Å². The third kappa shape index (κ3) is 4.38. The summed E-state index contributed by atoms with van der Waals surface area (Å²) < 4.78 is 11.5. The van der Waals surface area contributed by atoms with Gasteiger partial charge < -0.3 is 15.0 Å². The van der Waals surface area contributed by atoms with Crippen LogP contribution < -0.4 is 16.0 Å². The zero-order chi connectivity index (χ0) is 21.1. The monoisotopic (exact) mass is 410 g/mol. The third-order valence-electron chi connectivity index (χ3n) is 4.69. The summed E-state index contributed by atoms with van der Waals surface area (Å²) in [5.74, 6) is -0.839. The van der Waals surface area contributed by atoms with E-state index in [0.717, 1.165) is 23.3 Å². The van der Waals surface area contributed by atoms with E-state index in [9.17, 15) is 9.59 Å². The van der Waals surface area contributed by atoms with E-state index < -0.39 is 5.76 Å². The molecule has 4 rings (SSSR count). The number of carbonyl (C=O) groups excluding carboxylic acids is 1. The molecule has 3 aromatic rings. The molecule has 0 radical (unpaired) electrons. The second-order valence-electron chi connectivity index (χ2n) is 7.19. The Kier molecular flexibility index (Phi) is 5.57. The first-order valence-corrected chi connectivity index (χ1v) is 9.64. The molecule has 1 aromatic carbocycles. The van der Waals surface area contributed by atoms with E-state index in [1.165, 1.54) is 12.4 Å². The first-order chi connectivity index (χ1) is 14.5. The molecule has 156 valence electrons. The van der Waals surface area contributed by atoms with Crippen molar-refractivity contribution < 1.29 is 14.1 Å². The number of aromatic nitrogens is 4. The van der Waals surface area contributed by atoms with Gasteiger partial charge in [0.25, 0.3) is 0 Å². The van der Waals surface area contributed by atoms with Crippen molar-refractivity contribution in [1.29, 1.82) is 0 Å². The fraction of sp³-hybridized carbons (Fsp3) is 0.350. The number of hydrogen-bond acceptors (Lipinski definition) is 8. The average Bonchev–Trinajstić information content (AvgIpc) is 3.08. The van der Waals surface area contributed by atoms with Gasteiger partial charge in [-0.15, -0.1) is 0 Å². The van der Waals surface area contributed by atoms with Gasteiger partial charge in [0, 0.05) is 36.9 Å². The zero-order valence-electron chi connectivity index (χ0n) is 16.7. The number of rotatable bonds is 5. The molecule has 1 aliphatic rings. The molecule has 1 fully saturated rings. The minimum Gasteiger partial charge on any atom is -0.372 e. The van der Waals surface area contributed by atoms with Crippen LogP contribution in [0, 0.1) is 0 Å². The van der Waals surface area contributed by atoms with Crippen LogP contribution in [0.15, 0.2) is 52.0 Å². The Hall–Kier alpha value is -3.53. The summed E-state index contributed by atoms with van der Waals surface area (Å²) in [6, 6.07) is 9.20. The Bertz CT molecular complexity index is 1050. The Labute approximate surface area is 172 Å². The summed E-state index contributed by atoms with van der Waals surface area (Å²) in [5, 5.41) is 6.46. The maximum absolute atomic E-state index is 12.5. The van der Waals surface area contributed by atoms with Gasteiger partial charge >= 0.3 is 5.76 Å². The number of hydrogen-bond donors (Lipinski definition) is 1. The van der Waals surface area contributed by atoms with Gasteiger partial charge in [0.2, 0.25) is 11.7 Å². The molecule has 2 aromatic heterocycles. The molecule has 1 saturated heterocycles. The normalized spacial score (nSPS) is 18.9. The minimum atomic E-state index is -0.751. The zero-order valence-corrected chi connectivity index (χ0v) is 16.7. The van der Waals surface area contributed by atoms with Gasteiger partial charge in [0.15, 0.2) is 5.82 Å². The molecular weight excluding hydrogens is 388 g/mol. The number of anilines is 2. The predicted octanol–water partition coefficient (Wildman–Crippen LogP) is 1.55. The van der Waals surface area contributed by atoms with Gasteiger partial charge in [0.05, 0.1) is 12.2 Å². The van der Waals surface area contributed by atoms with Gasteiger partial charge in [-0.05, 0) is 44.2 Å². The molecule has 10 heteroatoms. The summed E-state index contributed by atoms with van der Waals surface area (Å²) in [6.07, 6.45) is 3.36. The second-order valence-corrected chi connectivity index (χ2v) is 7.19. The molecule has 3 heterocycles. The highest BCUT2D eigenvalue weighted by Crippen LogP contribution is 2.22. The Morgan fingerprint density at radius 1 is 1.13 bits per heavy atom. The van der Waals surface area contributed by atoms with Gasteiger partial charge in [-0.1, -0.05) is 5.16 Å². The lowest BCUT2D eigenvalue weighted by molar-refractivity contribution is -0.116. The number of morpholine rings is 1. The SMILES string of the molecule is CC1CN(c2ccc(NC(=O)Cn3c(-c4ncccn4)noc3=O)cc2)CC(C)O1. The van der Waals surface area contributed by atoms with Crippen LogP contribution in [-0.4, -0.2) is 50.9 Å². The van der Waals surface area contributed by atoms with E-state index in [-0.39, 0.29) is 36.3 Å². The number of nitrogens with zero attached hydrogens (tertiary/aromatic N) is 5. The van der Waals surface area contributed by atoms with Crippen LogP contribution in [0.3, 0.4) is 0 Å². The van der Waals surface area contributed by atoms with E-state index in [1.54, 1.807) is 6.07 Å². The number of benzene rings is 1. The van der Waals surface area contributed by atoms with E-state index in [0.29, 0.717) is 5.69 Å². The molecule has 10 nitrogen and oxygen atoms in total. The fourth-order valence-electron chi connectivity index (χ4n) is 3.47. The van der Waals surface area contributed by atoms with E-state index in [4.69, 9.17) is 4.74 Å². The number of amides is 1. The molecule has 1 N–H and O–H groups in total. The lowest BCUT2D eigenvalue weighted by Crippen LogP contribution is -2.45. The van der Waals surface area contributed by atoms with Crippen molar-refractivity contribution in [1.82, 2.24) is 19.7 Å². The Balaban J connectivity index is 1.43. The van der Waals surface area contributed by atoms with E-state index >= 15 is 0 Å². The lowest BCUT2D eigenvalue weighted by Gasteiger charge is -2.36. The summed E-state index contributed by atoms with van der Waals surface area (Å²) in [5.41, 5.74) is 1.69. The van der Waals surface area contributed by atoms with Gasteiger partial charge in [-0.3, -0.25) is 9.32 Å². The van der Waals surface area contributed by atoms with Crippen molar-refractivity contribution >= 4 is 17.3 Å². The van der Waals surface area contributed by atoms with Gasteiger partial charge in [0.1, 0.15) is 6.54 Å². The highest BCUT2D eigenvalue weighted by molar-refractivity contribution is 5.91. The van der Waals surface area contributed by atoms with Crippen LogP contribution in [-0.2, 0) is 16.1 Å². The predicted molar refractivity (Wildman–Crippen MR) is 109 cm³/mol. The molecule has 1 amide bonds. The molecule has 1 aliphatic heterocycles. The van der Waals surface area contributed by atoms with E-state index in [1.807, 2.05) is 24.3 Å². The van der Waals surface area contributed by atoms with Crippen molar-refractivity contribution in [3.63, 3.8) is 0 Å². The molecular formula is C20H22N6O4. The van der Waals surface area contributed by atoms with Crippen LogP contribution >= 0.6 is 0 Å². The summed E-state index contributed by atoms with van der Waals surface area (Å²) >= 11 is 0. The van der Waals surface area contributed by atoms with Crippen molar-refractivity contribution in [3.8, 4) is 11.6 Å². The smallest absolute Gasteiger partial charge is 0.372 e. The van der Waals surface area contributed by atoms with Gasteiger partial charge in [-0.2, -0.15) is 0 Å². The quantitative estimate of drug-likeness (QED) is 0.674. The summed E-state index contributed by atoms with van der Waals surface area (Å²) in [7, 11) is 0. The molecule has 2 unspecified atom stereocenters. The van der Waals surface area contributed by atoms with Crippen molar-refractivity contribution in [2.24, 2.45) is 0 Å². The van der Waals surface area contributed by atoms with Crippen LogP contribution in [0.5, 0.6) is 0 Å². The van der Waals surface area contributed by atoms with Crippen molar-refractivity contribution in [2.75, 3.05) is 23.3 Å². The second kappa shape index (κ2) is 8.46. The van der Waals surface area contributed by atoms with Crippen LogP contribution in [0.2, 0.25) is 0 Å². The lowest BCUT2D eigenvalue weighted by atomic mass is 10.2. The highest BCUT2D eigenvalue weighted by Gasteiger charge is 2.22. The molecule has 0 aliphatic carbocycles. The van der Waals surface area contributed by atoms with Gasteiger partial charge in [-0.25, -0.2) is 19.3 Å². The third-order valence-corrected chi connectivity index (χ3v) is 4.69. The van der Waals surface area contributed by atoms with Crippen LogP contribution in [0.25, 0.3) is 11.6 Å². The standard InChI is InChI=1S/C20H22N6O4/c1-13-10-25(11-14(2)29-13)16-6-4-15(5-7-16)23-17(27)12-26-19(24-30-20(26)28)18-21-8-3-9-22-18/h3-9,13-14H,10-12H2,1-2H3,(H,23,27). The summed E-state index contributed by atoms with van der Waals surface area (Å²) in [6.45, 7) is 5.47. The molecule has 0 saturated carbocycles. The topological polar surface area (TPSA) is 115 Å². The average molecular weight is 410 g/mol. The summed E-state index contributed by atoms with van der Waals surface area (Å²) in [4.78, 5) is 34.8.